The number of aryl methyl sites for hydroxylation is 1. The number of hydrogen-bond donors (Lipinski definition) is 1. The Bertz CT molecular complexity index is 533. The summed E-state index contributed by atoms with van der Waals surface area (Å²) in [6.45, 7) is 3.41. The van der Waals surface area contributed by atoms with Crippen LogP contribution in [0.3, 0.4) is 0 Å². The Kier molecular flexibility index (Phi) is 3.99. The van der Waals surface area contributed by atoms with Crippen molar-refractivity contribution >= 4 is 17.5 Å². The summed E-state index contributed by atoms with van der Waals surface area (Å²) in [7, 11) is 0. The van der Waals surface area contributed by atoms with Crippen molar-refractivity contribution in [1.82, 2.24) is 24.9 Å². The molecule has 0 radical (unpaired) electrons. The number of carbonyl (C=O) groups excluding carboxylic acids is 1. The van der Waals surface area contributed by atoms with Crippen molar-refractivity contribution < 1.29 is 4.79 Å². The van der Waals surface area contributed by atoms with E-state index in [1.165, 1.54) is 10.9 Å². The molecule has 0 aromatic carbocycles. The van der Waals surface area contributed by atoms with Gasteiger partial charge in [0.15, 0.2) is 0 Å². The van der Waals surface area contributed by atoms with E-state index in [0.29, 0.717) is 11.6 Å². The van der Waals surface area contributed by atoms with Gasteiger partial charge in [-0.25, -0.2) is 0 Å². The average molecular weight is 268 g/mol. The van der Waals surface area contributed by atoms with E-state index in [4.69, 9.17) is 11.6 Å². The fourth-order valence-corrected chi connectivity index (χ4v) is 1.77. The molecule has 2 heterocycles. The number of halogens is 1. The first-order valence-electron chi connectivity index (χ1n) is 5.64. The van der Waals surface area contributed by atoms with E-state index in [1.54, 1.807) is 12.4 Å². The number of amides is 1. The van der Waals surface area contributed by atoms with Gasteiger partial charge in [-0.1, -0.05) is 11.6 Å². The highest BCUT2D eigenvalue weighted by Gasteiger charge is 2.06. The monoisotopic (exact) mass is 267 g/mol. The van der Waals surface area contributed by atoms with Gasteiger partial charge in [0.25, 0.3) is 0 Å². The van der Waals surface area contributed by atoms with E-state index in [1.807, 2.05) is 17.7 Å². The van der Waals surface area contributed by atoms with Crippen molar-refractivity contribution in [3.8, 4) is 0 Å². The van der Waals surface area contributed by atoms with E-state index < -0.39 is 0 Å². The van der Waals surface area contributed by atoms with Crippen LogP contribution in [0.1, 0.15) is 12.6 Å². The number of nitrogens with zero attached hydrogens (tertiary/aromatic N) is 4. The zero-order valence-electron chi connectivity index (χ0n) is 10.0. The van der Waals surface area contributed by atoms with Crippen LogP contribution in [0.2, 0.25) is 5.02 Å². The van der Waals surface area contributed by atoms with Crippen molar-refractivity contribution in [3.05, 3.63) is 35.4 Å². The predicted molar refractivity (Wildman–Crippen MR) is 67.0 cm³/mol. The SMILES string of the molecule is CCn1nccc1CNC(=O)Cn1cc(Cl)cn1. The summed E-state index contributed by atoms with van der Waals surface area (Å²) in [6, 6.07) is 1.88. The largest absolute Gasteiger partial charge is 0.349 e. The Morgan fingerprint density at radius 2 is 2.33 bits per heavy atom. The van der Waals surface area contributed by atoms with E-state index >= 15 is 0 Å². The summed E-state index contributed by atoms with van der Waals surface area (Å²) in [5.41, 5.74) is 0.976. The fourth-order valence-electron chi connectivity index (χ4n) is 1.61. The summed E-state index contributed by atoms with van der Waals surface area (Å²) >= 11 is 5.72. The second-order valence-corrected chi connectivity index (χ2v) is 4.21. The third kappa shape index (κ3) is 3.10. The van der Waals surface area contributed by atoms with E-state index in [-0.39, 0.29) is 12.5 Å². The lowest BCUT2D eigenvalue weighted by molar-refractivity contribution is -0.122. The van der Waals surface area contributed by atoms with E-state index in [9.17, 15) is 4.79 Å². The minimum atomic E-state index is -0.112. The van der Waals surface area contributed by atoms with Gasteiger partial charge in [-0.2, -0.15) is 10.2 Å². The van der Waals surface area contributed by atoms with Crippen molar-refractivity contribution in [2.24, 2.45) is 0 Å². The molecule has 0 spiro atoms. The zero-order chi connectivity index (χ0) is 13.0. The number of aromatic nitrogens is 4. The van der Waals surface area contributed by atoms with Gasteiger partial charge >= 0.3 is 0 Å². The summed E-state index contributed by atoms with van der Waals surface area (Å²) in [5.74, 6) is -0.112. The standard InChI is InChI=1S/C11H14ClN5O/c1-2-17-10(3-4-14-17)6-13-11(18)8-16-7-9(12)5-15-16/h3-5,7H,2,6,8H2,1H3,(H,13,18). The minimum Gasteiger partial charge on any atom is -0.349 e. The molecule has 0 aliphatic carbocycles. The molecule has 96 valence electrons. The Hall–Kier alpha value is -1.82. The summed E-state index contributed by atoms with van der Waals surface area (Å²) < 4.78 is 3.33. The van der Waals surface area contributed by atoms with Crippen LogP contribution in [-0.2, 0) is 24.4 Å². The summed E-state index contributed by atoms with van der Waals surface area (Å²) in [6.07, 6.45) is 4.83. The van der Waals surface area contributed by atoms with Gasteiger partial charge in [0.05, 0.1) is 23.5 Å². The highest BCUT2D eigenvalue weighted by atomic mass is 35.5. The smallest absolute Gasteiger partial charge is 0.242 e. The molecule has 0 fully saturated rings. The first-order valence-corrected chi connectivity index (χ1v) is 6.02. The molecule has 6 nitrogen and oxygen atoms in total. The third-order valence-corrected chi connectivity index (χ3v) is 2.67. The molecule has 0 saturated heterocycles. The normalized spacial score (nSPS) is 10.6. The molecular formula is C11H14ClN5O. The molecule has 2 rings (SSSR count). The van der Waals surface area contributed by atoms with Crippen molar-refractivity contribution in [1.29, 1.82) is 0 Å². The average Bonchev–Trinajstić information content (AvgIpc) is 2.95. The first-order chi connectivity index (χ1) is 8.69. The lowest BCUT2D eigenvalue weighted by Crippen LogP contribution is -2.28. The quantitative estimate of drug-likeness (QED) is 0.881. The molecule has 7 heteroatoms. The Morgan fingerprint density at radius 1 is 1.50 bits per heavy atom. The van der Waals surface area contributed by atoms with Crippen LogP contribution < -0.4 is 5.32 Å². The van der Waals surface area contributed by atoms with E-state index in [0.717, 1.165) is 12.2 Å². The molecule has 1 N–H and O–H groups in total. The fraction of sp³-hybridized carbons (Fsp3) is 0.364. The Morgan fingerprint density at radius 3 is 3.00 bits per heavy atom. The number of hydrogen-bond acceptors (Lipinski definition) is 3. The maximum atomic E-state index is 11.7. The van der Waals surface area contributed by atoms with Gasteiger partial charge in [0.2, 0.25) is 5.91 Å². The van der Waals surface area contributed by atoms with Crippen LogP contribution in [0.15, 0.2) is 24.7 Å². The van der Waals surface area contributed by atoms with Crippen molar-refractivity contribution in [2.75, 3.05) is 0 Å². The van der Waals surface area contributed by atoms with Crippen LogP contribution in [0.25, 0.3) is 0 Å². The van der Waals surface area contributed by atoms with Gasteiger partial charge in [0.1, 0.15) is 6.54 Å². The minimum absolute atomic E-state index is 0.112. The number of carbonyl (C=O) groups is 1. The summed E-state index contributed by atoms with van der Waals surface area (Å²) in [4.78, 5) is 11.7. The van der Waals surface area contributed by atoms with Crippen LogP contribution in [0, 0.1) is 0 Å². The molecule has 0 bridgehead atoms. The van der Waals surface area contributed by atoms with Crippen molar-refractivity contribution in [2.45, 2.75) is 26.6 Å². The van der Waals surface area contributed by atoms with E-state index in [2.05, 4.69) is 15.5 Å². The molecular weight excluding hydrogens is 254 g/mol. The number of nitrogens with one attached hydrogen (secondary N) is 1. The van der Waals surface area contributed by atoms with Gasteiger partial charge in [-0.15, -0.1) is 0 Å². The maximum absolute atomic E-state index is 11.7. The molecule has 2 aromatic rings. The van der Waals surface area contributed by atoms with Crippen molar-refractivity contribution in [3.63, 3.8) is 0 Å². The molecule has 0 atom stereocenters. The predicted octanol–water partition coefficient (Wildman–Crippen LogP) is 1.07. The Labute approximate surface area is 110 Å². The van der Waals surface area contributed by atoms with Crippen LogP contribution in [0.4, 0.5) is 0 Å². The number of rotatable bonds is 5. The lowest BCUT2D eigenvalue weighted by Gasteiger charge is -2.07. The van der Waals surface area contributed by atoms with Crippen LogP contribution in [0.5, 0.6) is 0 Å². The molecule has 0 saturated carbocycles. The van der Waals surface area contributed by atoms with Gasteiger partial charge in [0, 0.05) is 18.9 Å². The Balaban J connectivity index is 1.85. The zero-order valence-corrected chi connectivity index (χ0v) is 10.8. The van der Waals surface area contributed by atoms with Crippen LogP contribution >= 0.6 is 11.6 Å². The lowest BCUT2D eigenvalue weighted by atomic mass is 10.4. The second-order valence-electron chi connectivity index (χ2n) is 3.77. The molecule has 0 unspecified atom stereocenters. The highest BCUT2D eigenvalue weighted by molar-refractivity contribution is 6.30. The first kappa shape index (κ1) is 12.6. The van der Waals surface area contributed by atoms with Crippen LogP contribution in [-0.4, -0.2) is 25.5 Å². The summed E-state index contributed by atoms with van der Waals surface area (Å²) in [5, 5.41) is 11.4. The molecule has 2 aromatic heterocycles. The van der Waals surface area contributed by atoms with Gasteiger partial charge in [-0.3, -0.25) is 14.2 Å². The maximum Gasteiger partial charge on any atom is 0.242 e. The molecule has 0 aliphatic rings. The third-order valence-electron chi connectivity index (χ3n) is 2.48. The molecule has 1 amide bonds. The molecule has 18 heavy (non-hydrogen) atoms. The topological polar surface area (TPSA) is 64.7 Å². The highest BCUT2D eigenvalue weighted by Crippen LogP contribution is 2.04. The van der Waals surface area contributed by atoms with Gasteiger partial charge in [-0.05, 0) is 13.0 Å². The van der Waals surface area contributed by atoms with Gasteiger partial charge < -0.3 is 5.32 Å². The molecule has 0 aliphatic heterocycles. The second kappa shape index (κ2) is 5.68.